The van der Waals surface area contributed by atoms with Crippen molar-refractivity contribution in [1.82, 2.24) is 15.3 Å². The Balaban J connectivity index is 1.53. The predicted octanol–water partition coefficient (Wildman–Crippen LogP) is 4.74. The molecule has 8 nitrogen and oxygen atoms in total. The number of ether oxygens (including phenoxy) is 2. The highest BCUT2D eigenvalue weighted by atomic mass is 19.1. The van der Waals surface area contributed by atoms with Crippen LogP contribution >= 0.6 is 0 Å². The van der Waals surface area contributed by atoms with Gasteiger partial charge in [-0.25, -0.2) is 8.78 Å². The van der Waals surface area contributed by atoms with Crippen LogP contribution in [0.3, 0.4) is 0 Å². The lowest BCUT2D eigenvalue weighted by Gasteiger charge is -2.43. The molecule has 0 saturated carbocycles. The molecule has 0 radical (unpaired) electrons. The molecule has 41 heavy (non-hydrogen) atoms. The van der Waals surface area contributed by atoms with Crippen molar-refractivity contribution in [2.45, 2.75) is 18.6 Å². The van der Waals surface area contributed by atoms with Gasteiger partial charge in [0.25, 0.3) is 0 Å². The first-order valence-electron chi connectivity index (χ1n) is 13.7. The Labute approximate surface area is 236 Å². The second kappa shape index (κ2) is 11.7. The number of anilines is 2. The van der Waals surface area contributed by atoms with Crippen molar-refractivity contribution in [3.63, 3.8) is 0 Å². The van der Waals surface area contributed by atoms with E-state index in [2.05, 4.69) is 26.6 Å². The molecule has 2 aliphatic heterocycles. The number of nitrogens with zero attached hydrogens (tertiary/aromatic N) is 4. The number of benzene rings is 2. The van der Waals surface area contributed by atoms with E-state index in [1.165, 1.54) is 18.3 Å². The predicted molar refractivity (Wildman–Crippen MR) is 154 cm³/mol. The molecule has 2 saturated heterocycles. The molecule has 0 bridgehead atoms. The van der Waals surface area contributed by atoms with E-state index in [1.807, 2.05) is 18.2 Å². The minimum absolute atomic E-state index is 0.00547. The molecule has 4 aromatic rings. The van der Waals surface area contributed by atoms with Gasteiger partial charge in [-0.15, -0.1) is 0 Å². The summed E-state index contributed by atoms with van der Waals surface area (Å²) in [5.74, 6) is -1.30. The number of pyridine rings is 2. The molecular formula is C31H30F2N6O2. The monoisotopic (exact) mass is 556 g/mol. The Morgan fingerprint density at radius 2 is 1.98 bits per heavy atom. The van der Waals surface area contributed by atoms with E-state index in [0.29, 0.717) is 48.7 Å². The Morgan fingerprint density at radius 1 is 1.12 bits per heavy atom. The molecule has 0 aliphatic carbocycles. The van der Waals surface area contributed by atoms with Crippen molar-refractivity contribution in [3.8, 4) is 28.3 Å². The molecule has 2 unspecified atom stereocenters. The first-order chi connectivity index (χ1) is 20.1. The van der Waals surface area contributed by atoms with Gasteiger partial charge in [-0.1, -0.05) is 6.07 Å². The van der Waals surface area contributed by atoms with Crippen LogP contribution in [0.1, 0.15) is 12.0 Å². The van der Waals surface area contributed by atoms with Crippen molar-refractivity contribution in [3.05, 3.63) is 72.2 Å². The number of hydrogen-bond donors (Lipinski definition) is 2. The highest BCUT2D eigenvalue weighted by Crippen LogP contribution is 2.41. The van der Waals surface area contributed by atoms with Gasteiger partial charge in [-0.2, -0.15) is 5.26 Å². The van der Waals surface area contributed by atoms with Crippen molar-refractivity contribution in [1.29, 1.82) is 5.26 Å². The van der Waals surface area contributed by atoms with Crippen LogP contribution in [0.25, 0.3) is 33.2 Å². The van der Waals surface area contributed by atoms with Gasteiger partial charge < -0.3 is 25.0 Å². The van der Waals surface area contributed by atoms with Crippen LogP contribution in [0.15, 0.2) is 55.0 Å². The fourth-order valence-electron chi connectivity index (χ4n) is 5.82. The number of methoxy groups -OCH3 is 1. The van der Waals surface area contributed by atoms with Crippen LogP contribution in [-0.2, 0) is 9.47 Å². The lowest BCUT2D eigenvalue weighted by Crippen LogP contribution is -2.57. The van der Waals surface area contributed by atoms with Gasteiger partial charge in [0.2, 0.25) is 0 Å². The Bertz CT molecular complexity index is 1600. The highest BCUT2D eigenvalue weighted by Gasteiger charge is 2.33. The zero-order valence-electron chi connectivity index (χ0n) is 22.7. The maximum atomic E-state index is 14.4. The van der Waals surface area contributed by atoms with Gasteiger partial charge in [0.1, 0.15) is 17.7 Å². The van der Waals surface area contributed by atoms with Crippen LogP contribution in [0.4, 0.5) is 20.2 Å². The summed E-state index contributed by atoms with van der Waals surface area (Å²) in [4.78, 5) is 11.2. The molecule has 10 heteroatoms. The van der Waals surface area contributed by atoms with Gasteiger partial charge >= 0.3 is 0 Å². The molecule has 2 N–H and O–H groups in total. The van der Waals surface area contributed by atoms with Gasteiger partial charge in [-0.05, 0) is 41.8 Å². The number of piperidine rings is 1. The first-order valence-corrected chi connectivity index (χ1v) is 13.7. The van der Waals surface area contributed by atoms with Crippen LogP contribution in [0, 0.1) is 23.0 Å². The largest absolute Gasteiger partial charge is 0.383 e. The summed E-state index contributed by atoms with van der Waals surface area (Å²) in [6.07, 6.45) is 5.81. The average molecular weight is 557 g/mol. The summed E-state index contributed by atoms with van der Waals surface area (Å²) < 4.78 is 40.1. The van der Waals surface area contributed by atoms with E-state index < -0.39 is 11.6 Å². The summed E-state index contributed by atoms with van der Waals surface area (Å²) in [7, 11) is 1.62. The van der Waals surface area contributed by atoms with E-state index in [1.54, 1.807) is 19.5 Å². The summed E-state index contributed by atoms with van der Waals surface area (Å²) in [6.45, 7) is 3.82. The fourth-order valence-corrected chi connectivity index (χ4v) is 5.82. The standard InChI is InChI=1S/C31H30F2N6O2/c1-40-8-5-37-30-21(14-34)15-35-16-25(30)19-2-3-27-24(12-19)31(39-7-4-28-29(18-39)41-9-6-36-28)26(17-38-27)20-10-22(32)13-23(33)11-20/h2-3,10-13,15-17,28-29,36H,4-9,18H2,1H3,(H,35,37). The van der Waals surface area contributed by atoms with Gasteiger partial charge in [-0.3, -0.25) is 9.97 Å². The molecule has 2 aromatic carbocycles. The number of rotatable bonds is 7. The minimum Gasteiger partial charge on any atom is -0.383 e. The van der Waals surface area contributed by atoms with E-state index in [9.17, 15) is 14.0 Å². The quantitative estimate of drug-likeness (QED) is 0.315. The number of morpholine rings is 1. The SMILES string of the molecule is COCCNc1c(C#N)cncc1-c1ccc2ncc(-c3cc(F)cc(F)c3)c(N3CCC4NCCOC4C3)c2c1. The van der Waals surface area contributed by atoms with Crippen LogP contribution in [0.5, 0.6) is 0 Å². The average Bonchev–Trinajstić information content (AvgIpc) is 2.99. The highest BCUT2D eigenvalue weighted by molar-refractivity contribution is 6.02. The third-order valence-electron chi connectivity index (χ3n) is 7.71. The van der Waals surface area contributed by atoms with Gasteiger partial charge in [0.05, 0.1) is 41.8 Å². The zero-order chi connectivity index (χ0) is 28.3. The fraction of sp³-hybridized carbons (Fsp3) is 0.323. The number of nitrogens with one attached hydrogen (secondary N) is 2. The normalized spacial score (nSPS) is 18.6. The topological polar surface area (TPSA) is 95.3 Å². The smallest absolute Gasteiger partial charge is 0.126 e. The lowest BCUT2D eigenvalue weighted by molar-refractivity contribution is -0.00896. The molecular weight excluding hydrogens is 526 g/mol. The molecule has 0 amide bonds. The van der Waals surface area contributed by atoms with Crippen molar-refractivity contribution in [2.24, 2.45) is 0 Å². The second-order valence-corrected chi connectivity index (χ2v) is 10.3. The molecule has 0 spiro atoms. The van der Waals surface area contributed by atoms with E-state index >= 15 is 0 Å². The van der Waals surface area contributed by atoms with Crippen molar-refractivity contribution >= 4 is 22.3 Å². The van der Waals surface area contributed by atoms with E-state index in [-0.39, 0.29) is 12.1 Å². The van der Waals surface area contributed by atoms with Crippen LogP contribution < -0.4 is 15.5 Å². The first kappa shape index (κ1) is 27.0. The van der Waals surface area contributed by atoms with Crippen molar-refractivity contribution in [2.75, 3.05) is 56.7 Å². The van der Waals surface area contributed by atoms with Crippen LogP contribution in [-0.4, -0.2) is 68.6 Å². The molecule has 4 heterocycles. The molecule has 2 aliphatic rings. The molecule has 6 rings (SSSR count). The number of fused-ring (bicyclic) bond motifs is 2. The van der Waals surface area contributed by atoms with E-state index in [4.69, 9.17) is 14.5 Å². The summed E-state index contributed by atoms with van der Waals surface area (Å²) in [5.41, 5.74) is 5.31. The molecule has 2 aromatic heterocycles. The maximum absolute atomic E-state index is 14.4. The Morgan fingerprint density at radius 3 is 2.78 bits per heavy atom. The second-order valence-electron chi connectivity index (χ2n) is 10.3. The number of aromatic nitrogens is 2. The summed E-state index contributed by atoms with van der Waals surface area (Å²) >= 11 is 0. The van der Waals surface area contributed by atoms with Crippen molar-refractivity contribution < 1.29 is 18.3 Å². The number of hydrogen-bond acceptors (Lipinski definition) is 8. The number of halogens is 2. The summed E-state index contributed by atoms with van der Waals surface area (Å²) in [5, 5.41) is 17.5. The van der Waals surface area contributed by atoms with Gasteiger partial charge in [0.15, 0.2) is 0 Å². The summed E-state index contributed by atoms with van der Waals surface area (Å²) in [6, 6.07) is 11.9. The molecule has 210 valence electrons. The van der Waals surface area contributed by atoms with Gasteiger partial charge in [0, 0.05) is 80.5 Å². The lowest BCUT2D eigenvalue weighted by atomic mass is 9.94. The van der Waals surface area contributed by atoms with E-state index in [0.717, 1.165) is 53.3 Å². The third-order valence-corrected chi connectivity index (χ3v) is 7.71. The Hall–Kier alpha value is -4.17. The maximum Gasteiger partial charge on any atom is 0.126 e. The molecule has 2 fully saturated rings. The molecule has 2 atom stereocenters. The minimum atomic E-state index is -0.649. The van der Waals surface area contributed by atoms with Crippen LogP contribution in [0.2, 0.25) is 0 Å². The Kier molecular flexibility index (Phi) is 7.74. The zero-order valence-corrected chi connectivity index (χ0v) is 22.7. The third kappa shape index (κ3) is 5.44. The number of nitriles is 1.